The molecule has 62 heavy (non-hydrogen) atoms. The average molecular weight is 879 g/mol. The molecule has 0 aromatic rings. The Morgan fingerprint density at radius 1 is 0.387 bits per heavy atom. The summed E-state index contributed by atoms with van der Waals surface area (Å²) in [6, 6.07) is 0. The molecule has 2 unspecified atom stereocenters. The highest BCUT2D eigenvalue weighted by Gasteiger charge is 2.50. The minimum Gasteiger partial charge on any atom is -0.463 e. The number of aliphatic hydroxyl groups excluding tert-OH is 2. The highest BCUT2D eigenvalue weighted by Crippen LogP contribution is 2.29. The van der Waals surface area contributed by atoms with E-state index in [1.807, 2.05) is 0 Å². The van der Waals surface area contributed by atoms with Crippen molar-refractivity contribution in [2.45, 2.75) is 334 Å². The molecule has 2 atom stereocenters. The number of carbonyl (C=O) groups excluding carboxylic acids is 2. The Balaban J connectivity index is 4.67. The lowest BCUT2D eigenvalue weighted by molar-refractivity contribution is -0.201. The van der Waals surface area contributed by atoms with E-state index in [1.165, 1.54) is 225 Å². The number of rotatable bonds is 52. The van der Waals surface area contributed by atoms with Crippen molar-refractivity contribution in [3.8, 4) is 0 Å². The first-order valence-electron chi connectivity index (χ1n) is 28.2. The van der Waals surface area contributed by atoms with Crippen molar-refractivity contribution in [1.82, 2.24) is 0 Å². The molecule has 0 bridgehead atoms. The lowest BCUT2D eigenvalue weighted by atomic mass is 9.89. The van der Waals surface area contributed by atoms with E-state index >= 15 is 0 Å². The normalized spacial score (nSPS) is 13.0. The van der Waals surface area contributed by atoms with Crippen molar-refractivity contribution in [1.29, 1.82) is 0 Å². The Bertz CT molecular complexity index is 909. The second-order valence-corrected chi connectivity index (χ2v) is 19.5. The van der Waals surface area contributed by atoms with Crippen LogP contribution >= 0.6 is 0 Å². The SMILES string of the molecule is CCCCCCCCCCCCCCCCCCOC(=O)C(CCCCCCCCCCCCCCCC)(OC(=O)CCCCCCCCCCCCCCCCC)C(O)CO. The molecule has 0 saturated carbocycles. The highest BCUT2D eigenvalue weighted by molar-refractivity contribution is 5.84. The minimum absolute atomic E-state index is 0.176. The molecule has 0 amide bonds. The Morgan fingerprint density at radius 3 is 0.935 bits per heavy atom. The predicted octanol–water partition coefficient (Wildman–Crippen LogP) is 17.6. The number of aliphatic hydroxyl groups is 2. The van der Waals surface area contributed by atoms with Crippen molar-refractivity contribution in [3.05, 3.63) is 0 Å². The second kappa shape index (κ2) is 49.3. The van der Waals surface area contributed by atoms with Crippen LogP contribution in [-0.2, 0) is 19.1 Å². The zero-order valence-electron chi connectivity index (χ0n) is 42.3. The molecule has 6 nitrogen and oxygen atoms in total. The summed E-state index contributed by atoms with van der Waals surface area (Å²) in [4.78, 5) is 27.0. The number of hydrogen-bond donors (Lipinski definition) is 2. The smallest absolute Gasteiger partial charge is 0.353 e. The molecule has 2 N–H and O–H groups in total. The topological polar surface area (TPSA) is 93.1 Å². The van der Waals surface area contributed by atoms with E-state index < -0.39 is 30.3 Å². The lowest BCUT2D eigenvalue weighted by Gasteiger charge is -2.34. The summed E-state index contributed by atoms with van der Waals surface area (Å²) in [5.74, 6) is -1.17. The molecular formula is C56H110O6. The molecule has 0 aliphatic heterocycles. The maximum Gasteiger partial charge on any atom is 0.353 e. The van der Waals surface area contributed by atoms with Gasteiger partial charge in [0.1, 0.15) is 6.10 Å². The maximum absolute atomic E-state index is 13.8. The van der Waals surface area contributed by atoms with Crippen molar-refractivity contribution in [2.24, 2.45) is 0 Å². The van der Waals surface area contributed by atoms with Gasteiger partial charge in [0.2, 0.25) is 5.60 Å². The molecule has 0 heterocycles. The summed E-state index contributed by atoms with van der Waals surface area (Å²) >= 11 is 0. The molecule has 0 aliphatic carbocycles. The van der Waals surface area contributed by atoms with Gasteiger partial charge in [-0.2, -0.15) is 0 Å². The Kier molecular flexibility index (Phi) is 48.4. The van der Waals surface area contributed by atoms with Crippen LogP contribution in [0.5, 0.6) is 0 Å². The molecule has 0 fully saturated rings. The van der Waals surface area contributed by atoms with Gasteiger partial charge in [-0.15, -0.1) is 0 Å². The van der Waals surface area contributed by atoms with E-state index in [0.717, 1.165) is 51.4 Å². The molecule has 0 aromatic heterocycles. The molecular weight excluding hydrogens is 769 g/mol. The van der Waals surface area contributed by atoms with Crippen molar-refractivity contribution >= 4 is 11.9 Å². The van der Waals surface area contributed by atoms with Crippen molar-refractivity contribution in [2.75, 3.05) is 13.2 Å². The van der Waals surface area contributed by atoms with Gasteiger partial charge < -0.3 is 19.7 Å². The predicted molar refractivity (Wildman–Crippen MR) is 267 cm³/mol. The number of ether oxygens (including phenoxy) is 2. The first-order chi connectivity index (χ1) is 30.5. The third-order valence-electron chi connectivity index (χ3n) is 13.5. The summed E-state index contributed by atoms with van der Waals surface area (Å²) in [6.45, 7) is 6.41. The fourth-order valence-corrected chi connectivity index (χ4v) is 9.13. The van der Waals surface area contributed by atoms with Gasteiger partial charge in [-0.05, 0) is 19.3 Å². The first kappa shape index (κ1) is 60.9. The van der Waals surface area contributed by atoms with E-state index in [0.29, 0.717) is 12.8 Å². The third-order valence-corrected chi connectivity index (χ3v) is 13.5. The quantitative estimate of drug-likeness (QED) is 0.0467. The Labute approximate surface area is 387 Å². The van der Waals surface area contributed by atoms with Gasteiger partial charge in [-0.25, -0.2) is 4.79 Å². The minimum atomic E-state index is -1.85. The van der Waals surface area contributed by atoms with Gasteiger partial charge in [0, 0.05) is 12.8 Å². The zero-order valence-corrected chi connectivity index (χ0v) is 42.3. The molecule has 0 aliphatic rings. The van der Waals surface area contributed by atoms with Crippen LogP contribution in [0.2, 0.25) is 0 Å². The van der Waals surface area contributed by atoms with E-state index in [2.05, 4.69) is 20.8 Å². The largest absolute Gasteiger partial charge is 0.463 e. The van der Waals surface area contributed by atoms with E-state index in [-0.39, 0.29) is 19.4 Å². The monoisotopic (exact) mass is 879 g/mol. The van der Waals surface area contributed by atoms with E-state index in [1.54, 1.807) is 0 Å². The first-order valence-corrected chi connectivity index (χ1v) is 28.2. The third kappa shape index (κ3) is 39.2. The molecule has 0 spiro atoms. The summed E-state index contributed by atoms with van der Waals surface area (Å²) in [5.41, 5.74) is -1.85. The number of hydrogen-bond acceptors (Lipinski definition) is 6. The van der Waals surface area contributed by atoms with Gasteiger partial charge >= 0.3 is 11.9 Å². The Morgan fingerprint density at radius 2 is 0.645 bits per heavy atom. The fourth-order valence-electron chi connectivity index (χ4n) is 9.13. The van der Waals surface area contributed by atoms with Gasteiger partial charge in [0.05, 0.1) is 13.2 Å². The number of esters is 2. The van der Waals surface area contributed by atoms with Gasteiger partial charge in [0.15, 0.2) is 0 Å². The van der Waals surface area contributed by atoms with Gasteiger partial charge in [-0.1, -0.05) is 290 Å². The summed E-state index contributed by atoms with van der Waals surface area (Å²) in [6.07, 6.45) is 55.0. The van der Waals surface area contributed by atoms with Crippen LogP contribution < -0.4 is 0 Å². The molecule has 6 heteroatoms. The number of unbranched alkanes of at least 4 members (excludes halogenated alkanes) is 42. The molecule has 370 valence electrons. The average Bonchev–Trinajstić information content (AvgIpc) is 3.28. The van der Waals surface area contributed by atoms with E-state index in [4.69, 9.17) is 9.47 Å². The highest BCUT2D eigenvalue weighted by atomic mass is 16.6. The standard InChI is InChI=1S/C56H110O6/c1-4-7-10-13-16-19-22-25-28-30-33-36-39-42-45-48-51-61-55(60)56(53(58)52-57,50-47-44-41-38-35-32-27-24-21-18-15-12-9-6-3)62-54(59)49-46-43-40-37-34-31-29-26-23-20-17-14-11-8-5-2/h53,57-58H,4-52H2,1-3H3. The van der Waals surface area contributed by atoms with Crippen molar-refractivity contribution in [3.63, 3.8) is 0 Å². The van der Waals surface area contributed by atoms with Crippen LogP contribution in [0.15, 0.2) is 0 Å². The van der Waals surface area contributed by atoms with Crippen molar-refractivity contribution < 1.29 is 29.3 Å². The van der Waals surface area contributed by atoms with Gasteiger partial charge in [-0.3, -0.25) is 4.79 Å². The van der Waals surface area contributed by atoms with Crippen LogP contribution in [-0.4, -0.2) is 47.1 Å². The van der Waals surface area contributed by atoms with Gasteiger partial charge in [0.25, 0.3) is 0 Å². The fraction of sp³-hybridized carbons (Fsp3) is 0.964. The van der Waals surface area contributed by atoms with Crippen LogP contribution in [0, 0.1) is 0 Å². The summed E-state index contributed by atoms with van der Waals surface area (Å²) in [7, 11) is 0. The van der Waals surface area contributed by atoms with Crippen LogP contribution in [0.4, 0.5) is 0 Å². The summed E-state index contributed by atoms with van der Waals surface area (Å²) in [5, 5.41) is 21.2. The molecule has 0 saturated heterocycles. The lowest BCUT2D eigenvalue weighted by Crippen LogP contribution is -2.55. The maximum atomic E-state index is 13.8. The number of carbonyl (C=O) groups is 2. The zero-order chi connectivity index (χ0) is 45.3. The Hall–Kier alpha value is -1.14. The second-order valence-electron chi connectivity index (χ2n) is 19.5. The van der Waals surface area contributed by atoms with Crippen LogP contribution in [0.3, 0.4) is 0 Å². The molecule has 0 aromatic carbocycles. The van der Waals surface area contributed by atoms with E-state index in [9.17, 15) is 19.8 Å². The molecule has 0 radical (unpaired) electrons. The van der Waals surface area contributed by atoms with Crippen LogP contribution in [0.25, 0.3) is 0 Å². The molecule has 0 rings (SSSR count). The summed E-state index contributed by atoms with van der Waals surface area (Å²) < 4.78 is 11.7. The van der Waals surface area contributed by atoms with Crippen LogP contribution in [0.1, 0.15) is 323 Å².